The Hall–Kier alpha value is -2.85. The van der Waals surface area contributed by atoms with Gasteiger partial charge < -0.3 is 9.73 Å². The lowest BCUT2D eigenvalue weighted by atomic mass is 10.2. The molecule has 0 fully saturated rings. The highest BCUT2D eigenvalue weighted by Crippen LogP contribution is 2.27. The van der Waals surface area contributed by atoms with Crippen molar-refractivity contribution in [3.05, 3.63) is 72.2 Å². The van der Waals surface area contributed by atoms with Crippen LogP contribution in [0.5, 0.6) is 0 Å². The van der Waals surface area contributed by atoms with Crippen molar-refractivity contribution >= 4 is 34.3 Å². The van der Waals surface area contributed by atoms with Crippen LogP contribution in [0, 0.1) is 0 Å². The first-order valence-electron chi connectivity index (χ1n) is 7.38. The van der Waals surface area contributed by atoms with E-state index in [2.05, 4.69) is 10.3 Å². The Morgan fingerprint density at radius 1 is 1.12 bits per heavy atom. The van der Waals surface area contributed by atoms with Crippen LogP contribution in [0.2, 0.25) is 0 Å². The molecule has 24 heavy (non-hydrogen) atoms. The average Bonchev–Trinajstić information content (AvgIpc) is 3.07. The number of nitrogens with one attached hydrogen (secondary N) is 1. The maximum absolute atomic E-state index is 11.0. The van der Waals surface area contributed by atoms with Gasteiger partial charge in [0.2, 0.25) is 11.8 Å². The number of oxazole rings is 1. The number of hydrogen-bond acceptors (Lipinski definition) is 3. The second-order valence-electron chi connectivity index (χ2n) is 5.19. The van der Waals surface area contributed by atoms with Gasteiger partial charge in [-0.25, -0.2) is 4.98 Å². The fourth-order valence-corrected chi connectivity index (χ4v) is 2.41. The molecular formula is C19H15ClN2O2. The van der Waals surface area contributed by atoms with Gasteiger partial charge in [0.25, 0.3) is 0 Å². The van der Waals surface area contributed by atoms with Crippen LogP contribution in [0.3, 0.4) is 0 Å². The summed E-state index contributed by atoms with van der Waals surface area (Å²) < 4.78 is 5.71. The van der Waals surface area contributed by atoms with Gasteiger partial charge >= 0.3 is 0 Å². The molecule has 0 atom stereocenters. The van der Waals surface area contributed by atoms with E-state index in [-0.39, 0.29) is 5.91 Å². The molecule has 0 aliphatic heterocycles. The molecular weight excluding hydrogens is 324 g/mol. The summed E-state index contributed by atoms with van der Waals surface area (Å²) in [4.78, 5) is 15.2. The highest BCUT2D eigenvalue weighted by Gasteiger charge is 2.09. The highest BCUT2D eigenvalue weighted by atomic mass is 35.5. The van der Waals surface area contributed by atoms with Gasteiger partial charge in [0.1, 0.15) is 5.03 Å². The summed E-state index contributed by atoms with van der Waals surface area (Å²) in [6.45, 7) is 1.47. The van der Waals surface area contributed by atoms with Crippen molar-refractivity contribution in [2.24, 2.45) is 0 Å². The van der Waals surface area contributed by atoms with Crippen LogP contribution in [0.4, 0.5) is 5.69 Å². The van der Waals surface area contributed by atoms with E-state index < -0.39 is 0 Å². The molecule has 0 saturated heterocycles. The third-order valence-corrected chi connectivity index (χ3v) is 3.56. The largest absolute Gasteiger partial charge is 0.435 e. The van der Waals surface area contributed by atoms with Crippen LogP contribution < -0.4 is 5.32 Å². The number of carbonyl (C=O) groups is 1. The molecule has 2 aromatic carbocycles. The summed E-state index contributed by atoms with van der Waals surface area (Å²) in [5.41, 5.74) is 2.56. The lowest BCUT2D eigenvalue weighted by Crippen LogP contribution is -2.05. The van der Waals surface area contributed by atoms with Crippen molar-refractivity contribution in [1.82, 2.24) is 4.98 Å². The highest BCUT2D eigenvalue weighted by molar-refractivity contribution is 6.50. The zero-order valence-corrected chi connectivity index (χ0v) is 13.7. The summed E-state index contributed by atoms with van der Waals surface area (Å²) in [7, 11) is 0. The van der Waals surface area contributed by atoms with Crippen LogP contribution in [0.1, 0.15) is 18.4 Å². The number of halogens is 1. The van der Waals surface area contributed by atoms with E-state index >= 15 is 0 Å². The van der Waals surface area contributed by atoms with Crippen molar-refractivity contribution in [2.45, 2.75) is 6.92 Å². The normalized spacial score (nSPS) is 11.3. The van der Waals surface area contributed by atoms with Gasteiger partial charge in [-0.05, 0) is 23.8 Å². The monoisotopic (exact) mass is 338 g/mol. The topological polar surface area (TPSA) is 55.1 Å². The molecule has 0 spiro atoms. The second-order valence-corrected chi connectivity index (χ2v) is 5.60. The van der Waals surface area contributed by atoms with Gasteiger partial charge in [0.15, 0.2) is 5.76 Å². The first-order valence-corrected chi connectivity index (χ1v) is 7.76. The molecule has 0 aliphatic carbocycles. The second kappa shape index (κ2) is 7.15. The fraction of sp³-hybridized carbons (Fsp3) is 0.0526. The number of benzene rings is 2. The number of aromatic nitrogens is 1. The molecule has 3 aromatic rings. The first kappa shape index (κ1) is 16.0. The maximum Gasteiger partial charge on any atom is 0.238 e. The van der Waals surface area contributed by atoms with Crippen molar-refractivity contribution < 1.29 is 9.21 Å². The number of hydrogen-bond donors (Lipinski definition) is 1. The molecule has 0 radical (unpaired) electrons. The minimum atomic E-state index is -0.107. The zero-order valence-electron chi connectivity index (χ0n) is 13.0. The van der Waals surface area contributed by atoms with E-state index in [0.29, 0.717) is 16.7 Å². The molecule has 0 aliphatic rings. The van der Waals surface area contributed by atoms with E-state index in [1.165, 1.54) is 6.92 Å². The summed E-state index contributed by atoms with van der Waals surface area (Å²) in [5, 5.41) is 3.12. The van der Waals surface area contributed by atoms with Crippen LogP contribution in [0.15, 0.2) is 65.2 Å². The molecule has 1 N–H and O–H groups in total. The Bertz CT molecular complexity index is 868. The minimum absolute atomic E-state index is 0.107. The average molecular weight is 339 g/mol. The molecule has 1 aromatic heterocycles. The van der Waals surface area contributed by atoms with Gasteiger partial charge in [0, 0.05) is 18.2 Å². The van der Waals surface area contributed by atoms with E-state index in [0.717, 1.165) is 16.8 Å². The third-order valence-electron chi connectivity index (χ3n) is 3.29. The lowest BCUT2D eigenvalue weighted by Gasteiger charge is -2.02. The first-order chi connectivity index (χ1) is 11.6. The molecule has 4 nitrogen and oxygen atoms in total. The van der Waals surface area contributed by atoms with Crippen molar-refractivity contribution in [3.63, 3.8) is 0 Å². The number of rotatable bonds is 4. The van der Waals surface area contributed by atoms with Gasteiger partial charge in [-0.2, -0.15) is 0 Å². The number of carbonyl (C=O) groups excluding carboxylic acids is 1. The van der Waals surface area contributed by atoms with E-state index in [9.17, 15) is 4.79 Å². The van der Waals surface area contributed by atoms with E-state index in [4.69, 9.17) is 16.0 Å². The number of amides is 1. The number of anilines is 1. The summed E-state index contributed by atoms with van der Waals surface area (Å²) in [6, 6.07) is 17.0. The third kappa shape index (κ3) is 3.91. The molecule has 0 bridgehead atoms. The Morgan fingerprint density at radius 3 is 2.50 bits per heavy atom. The predicted octanol–water partition coefficient (Wildman–Crippen LogP) is 5.04. The van der Waals surface area contributed by atoms with Gasteiger partial charge in [-0.1, -0.05) is 54.1 Å². The van der Waals surface area contributed by atoms with Crippen molar-refractivity contribution in [2.75, 3.05) is 5.32 Å². The molecule has 5 heteroatoms. The Balaban J connectivity index is 1.79. The SMILES string of the molecule is CC(=O)Nc1ccc(/C=C(\Cl)c2ncc(-c3ccccc3)o2)cc1. The molecule has 1 amide bonds. The Labute approximate surface area is 144 Å². The van der Waals surface area contributed by atoms with Crippen molar-refractivity contribution in [3.8, 4) is 11.3 Å². The minimum Gasteiger partial charge on any atom is -0.435 e. The summed E-state index contributed by atoms with van der Waals surface area (Å²) >= 11 is 6.30. The van der Waals surface area contributed by atoms with Crippen LogP contribution in [0.25, 0.3) is 22.4 Å². The molecule has 0 unspecified atom stereocenters. The van der Waals surface area contributed by atoms with Crippen LogP contribution in [-0.2, 0) is 4.79 Å². The molecule has 3 rings (SSSR count). The quantitative estimate of drug-likeness (QED) is 0.725. The van der Waals surface area contributed by atoms with Gasteiger partial charge in [-0.3, -0.25) is 4.79 Å². The standard InChI is InChI=1S/C19H15ClN2O2/c1-13(23)22-16-9-7-14(8-10-16)11-17(20)19-21-12-18(24-19)15-5-3-2-4-6-15/h2-12H,1H3,(H,22,23)/b17-11-. The summed E-state index contributed by atoms with van der Waals surface area (Å²) in [5.74, 6) is 0.921. The van der Waals surface area contributed by atoms with E-state index in [1.54, 1.807) is 12.3 Å². The molecule has 120 valence electrons. The van der Waals surface area contributed by atoms with E-state index in [1.807, 2.05) is 54.6 Å². The van der Waals surface area contributed by atoms with Crippen LogP contribution in [-0.4, -0.2) is 10.9 Å². The molecule has 1 heterocycles. The van der Waals surface area contributed by atoms with Gasteiger partial charge in [0.05, 0.1) is 6.20 Å². The number of nitrogens with zero attached hydrogens (tertiary/aromatic N) is 1. The summed E-state index contributed by atoms with van der Waals surface area (Å²) in [6.07, 6.45) is 3.42. The van der Waals surface area contributed by atoms with Gasteiger partial charge in [-0.15, -0.1) is 0 Å². The smallest absolute Gasteiger partial charge is 0.238 e. The Morgan fingerprint density at radius 2 is 1.83 bits per heavy atom. The lowest BCUT2D eigenvalue weighted by molar-refractivity contribution is -0.114. The Kier molecular flexibility index (Phi) is 4.77. The molecule has 0 saturated carbocycles. The maximum atomic E-state index is 11.0. The van der Waals surface area contributed by atoms with Crippen molar-refractivity contribution in [1.29, 1.82) is 0 Å². The predicted molar refractivity (Wildman–Crippen MR) is 96.4 cm³/mol. The fourth-order valence-electron chi connectivity index (χ4n) is 2.19. The zero-order chi connectivity index (χ0) is 16.9. The van der Waals surface area contributed by atoms with Crippen LogP contribution >= 0.6 is 11.6 Å².